The SMILES string of the molecule is Cc1occc1-c1nnc(SC(C)C(=O)NCC2CCCO2)n1-c1ccccc1. The highest BCUT2D eigenvalue weighted by atomic mass is 32.2. The monoisotopic (exact) mass is 412 g/mol. The summed E-state index contributed by atoms with van der Waals surface area (Å²) in [6.07, 6.45) is 3.82. The molecule has 7 nitrogen and oxygen atoms in total. The van der Waals surface area contributed by atoms with Crippen LogP contribution in [0.5, 0.6) is 0 Å². The smallest absolute Gasteiger partial charge is 0.233 e. The maximum Gasteiger partial charge on any atom is 0.233 e. The van der Waals surface area contributed by atoms with Gasteiger partial charge in [0.1, 0.15) is 5.76 Å². The molecule has 2 unspecified atom stereocenters. The van der Waals surface area contributed by atoms with E-state index in [0.717, 1.165) is 36.5 Å². The van der Waals surface area contributed by atoms with Crippen molar-refractivity contribution in [1.29, 1.82) is 0 Å². The van der Waals surface area contributed by atoms with Crippen LogP contribution in [-0.2, 0) is 9.53 Å². The summed E-state index contributed by atoms with van der Waals surface area (Å²) in [5.41, 5.74) is 1.81. The van der Waals surface area contributed by atoms with Gasteiger partial charge in [0.05, 0.1) is 23.2 Å². The largest absolute Gasteiger partial charge is 0.469 e. The van der Waals surface area contributed by atoms with Gasteiger partial charge in [0.2, 0.25) is 5.91 Å². The Morgan fingerprint density at radius 2 is 2.14 bits per heavy atom. The first-order valence-corrected chi connectivity index (χ1v) is 10.6. The minimum absolute atomic E-state index is 0.0332. The Bertz CT molecular complexity index is 963. The van der Waals surface area contributed by atoms with Crippen molar-refractivity contribution in [1.82, 2.24) is 20.1 Å². The second-order valence-electron chi connectivity index (χ2n) is 7.01. The fraction of sp³-hybridized carbons (Fsp3) is 0.381. The number of aromatic nitrogens is 3. The summed E-state index contributed by atoms with van der Waals surface area (Å²) in [7, 11) is 0. The Morgan fingerprint density at radius 1 is 1.31 bits per heavy atom. The second kappa shape index (κ2) is 8.84. The number of carbonyl (C=O) groups excluding carboxylic acids is 1. The van der Waals surface area contributed by atoms with E-state index < -0.39 is 0 Å². The molecule has 0 bridgehead atoms. The van der Waals surface area contributed by atoms with Crippen LogP contribution >= 0.6 is 11.8 Å². The van der Waals surface area contributed by atoms with Gasteiger partial charge >= 0.3 is 0 Å². The van der Waals surface area contributed by atoms with Crippen molar-refractivity contribution in [3.05, 3.63) is 48.4 Å². The highest BCUT2D eigenvalue weighted by Gasteiger charge is 2.24. The van der Waals surface area contributed by atoms with Gasteiger partial charge in [-0.3, -0.25) is 9.36 Å². The first kappa shape index (κ1) is 19.7. The van der Waals surface area contributed by atoms with E-state index in [4.69, 9.17) is 9.15 Å². The Kier molecular flexibility index (Phi) is 6.01. The van der Waals surface area contributed by atoms with Gasteiger partial charge < -0.3 is 14.5 Å². The normalized spacial score (nSPS) is 17.4. The lowest BCUT2D eigenvalue weighted by Gasteiger charge is -2.15. The Morgan fingerprint density at radius 3 is 2.83 bits per heavy atom. The summed E-state index contributed by atoms with van der Waals surface area (Å²) in [5, 5.41) is 12.1. The number of hydrogen-bond donors (Lipinski definition) is 1. The summed E-state index contributed by atoms with van der Waals surface area (Å²) in [6, 6.07) is 11.8. The summed E-state index contributed by atoms with van der Waals surface area (Å²) >= 11 is 1.39. The molecule has 29 heavy (non-hydrogen) atoms. The van der Waals surface area contributed by atoms with Crippen LogP contribution in [0.25, 0.3) is 17.1 Å². The molecule has 2 aromatic heterocycles. The van der Waals surface area contributed by atoms with Crippen LogP contribution in [0.3, 0.4) is 0 Å². The highest BCUT2D eigenvalue weighted by molar-refractivity contribution is 8.00. The van der Waals surface area contributed by atoms with E-state index in [1.807, 2.05) is 54.8 Å². The third kappa shape index (κ3) is 4.38. The van der Waals surface area contributed by atoms with Crippen LogP contribution in [0.15, 0.2) is 52.2 Å². The molecule has 0 aliphatic carbocycles. The molecular weight excluding hydrogens is 388 g/mol. The van der Waals surface area contributed by atoms with Gasteiger partial charge in [-0.2, -0.15) is 0 Å². The molecule has 1 aliphatic heterocycles. The number of carbonyl (C=O) groups is 1. The number of aryl methyl sites for hydroxylation is 1. The number of thioether (sulfide) groups is 1. The lowest BCUT2D eigenvalue weighted by molar-refractivity contribution is -0.120. The first-order valence-electron chi connectivity index (χ1n) is 9.74. The fourth-order valence-corrected chi connectivity index (χ4v) is 4.21. The first-order chi connectivity index (χ1) is 14.1. The van der Waals surface area contributed by atoms with E-state index in [1.165, 1.54) is 11.8 Å². The number of para-hydroxylation sites is 1. The molecule has 4 rings (SSSR count). The minimum Gasteiger partial charge on any atom is -0.469 e. The summed E-state index contributed by atoms with van der Waals surface area (Å²) in [4.78, 5) is 12.6. The van der Waals surface area contributed by atoms with Gasteiger partial charge in [-0.1, -0.05) is 30.0 Å². The highest BCUT2D eigenvalue weighted by Crippen LogP contribution is 2.31. The molecule has 0 saturated carbocycles. The van der Waals surface area contributed by atoms with Crippen molar-refractivity contribution < 1.29 is 13.9 Å². The van der Waals surface area contributed by atoms with E-state index in [1.54, 1.807) is 6.26 Å². The Labute approximate surface area is 173 Å². The number of rotatable bonds is 7. The van der Waals surface area contributed by atoms with E-state index in [-0.39, 0.29) is 17.3 Å². The van der Waals surface area contributed by atoms with Gasteiger partial charge in [0, 0.05) is 18.8 Å². The number of benzene rings is 1. The molecule has 2 atom stereocenters. The number of furan rings is 1. The molecule has 1 N–H and O–H groups in total. The van der Waals surface area contributed by atoms with Gasteiger partial charge in [-0.25, -0.2) is 0 Å². The predicted molar refractivity (Wildman–Crippen MR) is 111 cm³/mol. The van der Waals surface area contributed by atoms with E-state index >= 15 is 0 Å². The summed E-state index contributed by atoms with van der Waals surface area (Å²) in [5.74, 6) is 1.43. The Hall–Kier alpha value is -2.58. The molecular formula is C21H24N4O3S. The van der Waals surface area contributed by atoms with Crippen molar-refractivity contribution in [2.75, 3.05) is 13.2 Å². The van der Waals surface area contributed by atoms with Crippen molar-refractivity contribution in [2.45, 2.75) is 43.2 Å². The van der Waals surface area contributed by atoms with Gasteiger partial charge in [0.25, 0.3) is 0 Å². The van der Waals surface area contributed by atoms with E-state index in [2.05, 4.69) is 15.5 Å². The predicted octanol–water partition coefficient (Wildman–Crippen LogP) is 3.61. The average molecular weight is 413 g/mol. The topological polar surface area (TPSA) is 82.2 Å². The van der Waals surface area contributed by atoms with Gasteiger partial charge in [0.15, 0.2) is 11.0 Å². The zero-order valence-corrected chi connectivity index (χ0v) is 17.3. The molecule has 1 fully saturated rings. The van der Waals surface area contributed by atoms with Gasteiger partial charge in [-0.05, 0) is 44.9 Å². The molecule has 8 heteroatoms. The molecule has 1 amide bonds. The number of hydrogen-bond acceptors (Lipinski definition) is 6. The zero-order chi connectivity index (χ0) is 20.2. The van der Waals surface area contributed by atoms with Crippen molar-refractivity contribution >= 4 is 17.7 Å². The molecule has 152 valence electrons. The molecule has 3 heterocycles. The van der Waals surface area contributed by atoms with Crippen LogP contribution < -0.4 is 5.32 Å². The maximum atomic E-state index is 12.6. The number of amides is 1. The molecule has 1 aliphatic rings. The standard InChI is InChI=1S/C21H24N4O3S/c1-14-18(10-12-27-14)19-23-24-21(25(19)16-7-4-3-5-8-16)29-15(2)20(26)22-13-17-9-6-11-28-17/h3-5,7-8,10,12,15,17H,6,9,11,13H2,1-2H3,(H,22,26). The number of nitrogens with one attached hydrogen (secondary N) is 1. The molecule has 3 aromatic rings. The average Bonchev–Trinajstić information content (AvgIpc) is 3.48. The molecule has 1 aromatic carbocycles. The van der Waals surface area contributed by atoms with Crippen LogP contribution in [-0.4, -0.2) is 45.2 Å². The third-order valence-corrected chi connectivity index (χ3v) is 5.97. The number of ether oxygens (including phenoxy) is 1. The van der Waals surface area contributed by atoms with E-state index in [0.29, 0.717) is 17.5 Å². The molecule has 0 spiro atoms. The Balaban J connectivity index is 1.56. The van der Waals surface area contributed by atoms with E-state index in [9.17, 15) is 4.79 Å². The maximum absolute atomic E-state index is 12.6. The van der Waals surface area contributed by atoms with Crippen LogP contribution in [0.1, 0.15) is 25.5 Å². The second-order valence-corrected chi connectivity index (χ2v) is 8.32. The van der Waals surface area contributed by atoms with Crippen LogP contribution in [0, 0.1) is 6.92 Å². The number of nitrogens with zero attached hydrogens (tertiary/aromatic N) is 3. The zero-order valence-electron chi connectivity index (χ0n) is 16.5. The lowest BCUT2D eigenvalue weighted by Crippen LogP contribution is -2.36. The summed E-state index contributed by atoms with van der Waals surface area (Å²) < 4.78 is 13.0. The quantitative estimate of drug-likeness (QED) is 0.597. The molecule has 0 radical (unpaired) electrons. The minimum atomic E-state index is -0.318. The summed E-state index contributed by atoms with van der Waals surface area (Å²) in [6.45, 7) is 5.10. The van der Waals surface area contributed by atoms with Crippen molar-refractivity contribution in [3.63, 3.8) is 0 Å². The van der Waals surface area contributed by atoms with Gasteiger partial charge in [-0.15, -0.1) is 10.2 Å². The third-order valence-electron chi connectivity index (χ3n) is 4.93. The molecule has 1 saturated heterocycles. The van der Waals surface area contributed by atoms with Crippen LogP contribution in [0.2, 0.25) is 0 Å². The fourth-order valence-electron chi connectivity index (χ4n) is 3.32. The van der Waals surface area contributed by atoms with Crippen LogP contribution in [0.4, 0.5) is 0 Å². The van der Waals surface area contributed by atoms with Crippen molar-refractivity contribution in [2.24, 2.45) is 0 Å². The van der Waals surface area contributed by atoms with Crippen molar-refractivity contribution in [3.8, 4) is 17.1 Å². The lowest BCUT2D eigenvalue weighted by atomic mass is 10.2.